The number of hydrogen-bond donors (Lipinski definition) is 2. The molecular formula is C16H31N3O2. The predicted octanol–water partition coefficient (Wildman–Crippen LogP) is 1.12. The molecule has 5 heteroatoms. The van der Waals surface area contributed by atoms with Gasteiger partial charge in [0.2, 0.25) is 5.91 Å². The first kappa shape index (κ1) is 16.7. The van der Waals surface area contributed by atoms with Gasteiger partial charge in [0.15, 0.2) is 0 Å². The Balaban J connectivity index is 1.97. The van der Waals surface area contributed by atoms with Gasteiger partial charge in [-0.15, -0.1) is 0 Å². The van der Waals surface area contributed by atoms with E-state index in [1.807, 2.05) is 6.92 Å². The van der Waals surface area contributed by atoms with Gasteiger partial charge < -0.3 is 15.8 Å². The highest BCUT2D eigenvalue weighted by Gasteiger charge is 2.50. The van der Waals surface area contributed by atoms with Crippen LogP contribution < -0.4 is 11.1 Å². The predicted molar refractivity (Wildman–Crippen MR) is 84.0 cm³/mol. The van der Waals surface area contributed by atoms with Crippen molar-refractivity contribution in [3.05, 3.63) is 0 Å². The first-order chi connectivity index (χ1) is 10.1. The van der Waals surface area contributed by atoms with Crippen LogP contribution in [0.25, 0.3) is 0 Å². The summed E-state index contributed by atoms with van der Waals surface area (Å²) in [7, 11) is 0. The lowest BCUT2D eigenvalue weighted by Crippen LogP contribution is -2.64. The van der Waals surface area contributed by atoms with E-state index in [4.69, 9.17) is 10.5 Å². The van der Waals surface area contributed by atoms with Gasteiger partial charge in [0, 0.05) is 19.7 Å². The number of rotatable bonds is 9. The lowest BCUT2D eigenvalue weighted by Gasteiger charge is -2.40. The van der Waals surface area contributed by atoms with E-state index in [1.165, 1.54) is 0 Å². The lowest BCUT2D eigenvalue weighted by molar-refractivity contribution is -0.127. The van der Waals surface area contributed by atoms with Gasteiger partial charge in [-0.2, -0.15) is 0 Å². The van der Waals surface area contributed by atoms with Crippen molar-refractivity contribution < 1.29 is 9.53 Å². The minimum atomic E-state index is -0.540. The lowest BCUT2D eigenvalue weighted by atomic mass is 9.90. The molecule has 0 aromatic rings. The Morgan fingerprint density at radius 1 is 1.38 bits per heavy atom. The molecule has 2 fully saturated rings. The van der Waals surface area contributed by atoms with E-state index in [0.717, 1.165) is 64.9 Å². The largest absolute Gasteiger partial charge is 0.377 e. The van der Waals surface area contributed by atoms with Gasteiger partial charge in [0.25, 0.3) is 0 Å². The molecule has 2 unspecified atom stereocenters. The van der Waals surface area contributed by atoms with Gasteiger partial charge in [-0.25, -0.2) is 0 Å². The summed E-state index contributed by atoms with van der Waals surface area (Å²) in [5.74, 6) is 0.218. The molecule has 1 aliphatic heterocycles. The van der Waals surface area contributed by atoms with Crippen molar-refractivity contribution in [3.8, 4) is 0 Å². The second kappa shape index (κ2) is 7.56. The molecule has 5 nitrogen and oxygen atoms in total. The molecule has 21 heavy (non-hydrogen) atoms. The van der Waals surface area contributed by atoms with E-state index in [2.05, 4.69) is 17.1 Å². The molecule has 122 valence electrons. The van der Waals surface area contributed by atoms with Crippen molar-refractivity contribution in [2.24, 2.45) is 11.7 Å². The van der Waals surface area contributed by atoms with Crippen molar-refractivity contribution in [1.29, 1.82) is 0 Å². The standard InChI is InChI=1S/C16H31N3O2/c1-3-10-21-14-6-5-9-19(11-14)12-16(15(17)20,18-4-2)13-7-8-13/h13-14,18H,3-12H2,1-2H3,(H2,17,20). The molecule has 1 aliphatic carbocycles. The molecule has 2 rings (SSSR count). The van der Waals surface area contributed by atoms with E-state index in [-0.39, 0.29) is 5.91 Å². The maximum absolute atomic E-state index is 12.1. The molecule has 1 saturated heterocycles. The number of likely N-dealkylation sites (N-methyl/N-ethyl adjacent to an activating group) is 1. The number of carbonyl (C=O) groups is 1. The van der Waals surface area contributed by atoms with E-state index >= 15 is 0 Å². The van der Waals surface area contributed by atoms with Crippen LogP contribution in [0, 0.1) is 5.92 Å². The van der Waals surface area contributed by atoms with E-state index < -0.39 is 5.54 Å². The number of primary amides is 1. The Hall–Kier alpha value is -0.650. The van der Waals surface area contributed by atoms with Crippen LogP contribution in [0.15, 0.2) is 0 Å². The van der Waals surface area contributed by atoms with E-state index in [1.54, 1.807) is 0 Å². The van der Waals surface area contributed by atoms with Gasteiger partial charge in [0.05, 0.1) is 6.10 Å². The van der Waals surface area contributed by atoms with Gasteiger partial charge >= 0.3 is 0 Å². The number of nitrogens with one attached hydrogen (secondary N) is 1. The van der Waals surface area contributed by atoms with Gasteiger partial charge in [-0.05, 0) is 51.1 Å². The Morgan fingerprint density at radius 3 is 2.71 bits per heavy atom. The summed E-state index contributed by atoms with van der Waals surface area (Å²) in [4.78, 5) is 14.5. The van der Waals surface area contributed by atoms with Crippen molar-refractivity contribution in [1.82, 2.24) is 10.2 Å². The number of nitrogens with two attached hydrogens (primary N) is 1. The zero-order valence-corrected chi connectivity index (χ0v) is 13.6. The molecule has 0 aromatic heterocycles. The summed E-state index contributed by atoms with van der Waals surface area (Å²) in [5, 5.41) is 3.41. The Labute approximate surface area is 128 Å². The molecule has 2 atom stereocenters. The van der Waals surface area contributed by atoms with Crippen LogP contribution in [0.4, 0.5) is 0 Å². The van der Waals surface area contributed by atoms with Crippen LogP contribution in [-0.2, 0) is 9.53 Å². The molecule has 1 heterocycles. The number of piperidine rings is 1. The maximum Gasteiger partial charge on any atom is 0.239 e. The van der Waals surface area contributed by atoms with Crippen molar-refractivity contribution in [2.45, 2.75) is 57.6 Å². The number of amides is 1. The molecule has 1 saturated carbocycles. The van der Waals surface area contributed by atoms with Crippen LogP contribution in [0.2, 0.25) is 0 Å². The second-order valence-electron chi connectivity index (χ2n) is 6.51. The molecule has 2 aliphatic rings. The topological polar surface area (TPSA) is 67.6 Å². The third-order valence-corrected chi connectivity index (χ3v) is 4.70. The summed E-state index contributed by atoms with van der Waals surface area (Å²) in [6, 6.07) is 0. The van der Waals surface area contributed by atoms with E-state index in [9.17, 15) is 4.79 Å². The van der Waals surface area contributed by atoms with Gasteiger partial charge in [-0.3, -0.25) is 9.69 Å². The quantitative estimate of drug-likeness (QED) is 0.669. The average molecular weight is 297 g/mol. The monoisotopic (exact) mass is 297 g/mol. The van der Waals surface area contributed by atoms with Gasteiger partial charge in [0.1, 0.15) is 5.54 Å². The van der Waals surface area contributed by atoms with E-state index in [0.29, 0.717) is 12.0 Å². The highest BCUT2D eigenvalue weighted by atomic mass is 16.5. The summed E-state index contributed by atoms with van der Waals surface area (Å²) in [5.41, 5.74) is 5.23. The fraction of sp³-hybridized carbons (Fsp3) is 0.938. The molecular weight excluding hydrogens is 266 g/mol. The highest BCUT2D eigenvalue weighted by Crippen LogP contribution is 2.40. The second-order valence-corrected chi connectivity index (χ2v) is 6.51. The van der Waals surface area contributed by atoms with Crippen molar-refractivity contribution in [3.63, 3.8) is 0 Å². The normalized spacial score (nSPS) is 26.5. The number of hydrogen-bond acceptors (Lipinski definition) is 4. The number of likely N-dealkylation sites (tertiary alicyclic amines) is 1. The Morgan fingerprint density at radius 2 is 2.14 bits per heavy atom. The molecule has 0 aromatic carbocycles. The minimum absolute atomic E-state index is 0.191. The van der Waals surface area contributed by atoms with Crippen LogP contribution in [-0.4, -0.2) is 55.2 Å². The molecule has 0 bridgehead atoms. The minimum Gasteiger partial charge on any atom is -0.377 e. The third kappa shape index (κ3) is 4.18. The van der Waals surface area contributed by atoms with Crippen molar-refractivity contribution in [2.75, 3.05) is 32.8 Å². The van der Waals surface area contributed by atoms with Crippen LogP contribution in [0.5, 0.6) is 0 Å². The molecule has 3 N–H and O–H groups in total. The summed E-state index contributed by atoms with van der Waals surface area (Å²) in [6.45, 7) is 8.48. The van der Waals surface area contributed by atoms with Gasteiger partial charge in [-0.1, -0.05) is 13.8 Å². The zero-order valence-electron chi connectivity index (χ0n) is 13.6. The molecule has 0 spiro atoms. The van der Waals surface area contributed by atoms with Crippen LogP contribution in [0.1, 0.15) is 46.0 Å². The fourth-order valence-corrected chi connectivity index (χ4v) is 3.52. The first-order valence-electron chi connectivity index (χ1n) is 8.51. The summed E-state index contributed by atoms with van der Waals surface area (Å²) < 4.78 is 5.90. The average Bonchev–Trinajstić information content (AvgIpc) is 3.29. The zero-order chi connectivity index (χ0) is 15.3. The van der Waals surface area contributed by atoms with Crippen LogP contribution in [0.3, 0.4) is 0 Å². The first-order valence-corrected chi connectivity index (χ1v) is 8.51. The van der Waals surface area contributed by atoms with Crippen LogP contribution >= 0.6 is 0 Å². The number of carbonyl (C=O) groups excluding carboxylic acids is 1. The SMILES string of the molecule is CCCOC1CCCN(CC(NCC)(C(N)=O)C2CC2)C1. The van der Waals surface area contributed by atoms with Crippen molar-refractivity contribution >= 4 is 5.91 Å². The third-order valence-electron chi connectivity index (χ3n) is 4.70. The molecule has 0 radical (unpaired) electrons. The Kier molecular flexibility index (Phi) is 6.02. The fourth-order valence-electron chi connectivity index (χ4n) is 3.52. The summed E-state index contributed by atoms with van der Waals surface area (Å²) in [6.07, 6.45) is 5.86. The highest BCUT2D eigenvalue weighted by molar-refractivity contribution is 5.86. The molecule has 1 amide bonds. The summed E-state index contributed by atoms with van der Waals surface area (Å²) >= 11 is 0. The number of ether oxygens (including phenoxy) is 1. The Bertz CT molecular complexity index is 346. The maximum atomic E-state index is 12.1. The number of nitrogens with zero attached hydrogens (tertiary/aromatic N) is 1. The smallest absolute Gasteiger partial charge is 0.239 e.